The first-order valence-electron chi connectivity index (χ1n) is 24.6. The molecular formula is C48H84N6O18Si. The summed E-state index contributed by atoms with van der Waals surface area (Å²) >= 11 is 0. The van der Waals surface area contributed by atoms with Crippen LogP contribution in [-0.4, -0.2) is 168 Å². The number of amides is 6. The highest BCUT2D eigenvalue weighted by atomic mass is 28.4. The highest BCUT2D eigenvalue weighted by molar-refractivity contribution is 6.74. The molecule has 0 aromatic carbocycles. The summed E-state index contributed by atoms with van der Waals surface area (Å²) in [6.45, 7) is 26.6. The Labute approximate surface area is 430 Å². The molecule has 0 aromatic heterocycles. The van der Waals surface area contributed by atoms with Crippen LogP contribution < -0.4 is 31.9 Å². The first-order valence-corrected chi connectivity index (χ1v) is 27.5. The van der Waals surface area contributed by atoms with Gasteiger partial charge in [0.25, 0.3) is 0 Å². The fourth-order valence-corrected chi connectivity index (χ4v) is 10.2. The van der Waals surface area contributed by atoms with E-state index in [-0.39, 0.29) is 43.2 Å². The van der Waals surface area contributed by atoms with Gasteiger partial charge >= 0.3 is 24.0 Å². The Morgan fingerprint density at radius 1 is 0.699 bits per heavy atom. The van der Waals surface area contributed by atoms with Gasteiger partial charge in [-0.05, 0) is 105 Å². The van der Waals surface area contributed by atoms with Crippen LogP contribution in [0.4, 0.5) is 4.79 Å². The monoisotopic (exact) mass is 1060 g/mol. The van der Waals surface area contributed by atoms with Gasteiger partial charge in [0.2, 0.25) is 29.5 Å². The van der Waals surface area contributed by atoms with E-state index in [2.05, 4.69) is 72.7 Å². The molecule has 2 saturated heterocycles. The van der Waals surface area contributed by atoms with E-state index in [0.717, 1.165) is 21.3 Å². The van der Waals surface area contributed by atoms with Crippen molar-refractivity contribution < 1.29 is 85.5 Å². The Kier molecular flexibility index (Phi) is 24.2. The third-order valence-electron chi connectivity index (χ3n) is 13.1. The molecule has 2 fully saturated rings. The van der Waals surface area contributed by atoms with Crippen molar-refractivity contribution in [3.05, 3.63) is 0 Å². The molecule has 6 N–H and O–H groups in total. The van der Waals surface area contributed by atoms with Crippen molar-refractivity contribution in [2.75, 3.05) is 27.9 Å². The summed E-state index contributed by atoms with van der Waals surface area (Å²) in [5, 5.41) is 15.2. The molecule has 0 radical (unpaired) electrons. The molecule has 11 atom stereocenters. The Bertz CT molecular complexity index is 1940. The van der Waals surface area contributed by atoms with E-state index in [0.29, 0.717) is 0 Å². The molecule has 25 heteroatoms. The minimum Gasteiger partial charge on any atom is -0.467 e. The number of esters is 3. The molecule has 0 spiro atoms. The molecule has 2 heterocycles. The second-order valence-corrected chi connectivity index (χ2v) is 25.7. The number of methoxy groups -OCH3 is 3. The predicted octanol–water partition coefficient (Wildman–Crippen LogP) is 2.14. The van der Waals surface area contributed by atoms with Gasteiger partial charge in [0, 0.05) is 13.3 Å². The molecule has 0 saturated carbocycles. The third-order valence-corrected chi connectivity index (χ3v) is 17.6. The smallest absolute Gasteiger partial charge is 0.408 e. The molecular weight excluding hydrogens is 977 g/mol. The fraction of sp³-hybridized carbons (Fsp3) is 0.812. The predicted molar refractivity (Wildman–Crippen MR) is 264 cm³/mol. The number of hydrogen-bond acceptors (Lipinski definition) is 18. The fourth-order valence-electron chi connectivity index (χ4n) is 7.72. The normalized spacial score (nSPS) is 22.3. The number of carbonyl (C=O) groups excluding carboxylic acids is 9. The van der Waals surface area contributed by atoms with E-state index >= 15 is 0 Å². The zero-order valence-corrected chi connectivity index (χ0v) is 47.0. The molecule has 418 valence electrons. The molecule has 2 aliphatic heterocycles. The molecule has 0 aromatic rings. The van der Waals surface area contributed by atoms with E-state index < -0.39 is 147 Å². The van der Waals surface area contributed by atoms with E-state index in [1.54, 1.807) is 34.6 Å². The average Bonchev–Trinajstić information content (AvgIpc) is 3.28. The Morgan fingerprint density at radius 2 is 1.25 bits per heavy atom. The maximum atomic E-state index is 13.8. The lowest BCUT2D eigenvalue weighted by molar-refractivity contribution is -0.367. The van der Waals surface area contributed by atoms with Crippen LogP contribution in [-0.2, 0) is 80.7 Å². The summed E-state index contributed by atoms with van der Waals surface area (Å²) in [7, 11) is 0.729. The number of rotatable bonds is 25. The lowest BCUT2D eigenvalue weighted by Gasteiger charge is -2.53. The van der Waals surface area contributed by atoms with Crippen LogP contribution in [0.15, 0.2) is 0 Å². The van der Waals surface area contributed by atoms with Gasteiger partial charge in [-0.1, -0.05) is 27.7 Å². The Balaban J connectivity index is 2.25. The summed E-state index contributed by atoms with van der Waals surface area (Å²) in [5.74, 6) is -6.79. The van der Waals surface area contributed by atoms with Crippen molar-refractivity contribution in [3.8, 4) is 0 Å². The van der Waals surface area contributed by atoms with Gasteiger partial charge in [0.15, 0.2) is 20.4 Å². The quantitative estimate of drug-likeness (QED) is 0.0433. The number of nitrogens with one attached hydrogen (secondary N) is 6. The molecule has 2 aliphatic rings. The van der Waals surface area contributed by atoms with Crippen LogP contribution in [0.2, 0.25) is 18.1 Å². The molecule has 0 aliphatic carbocycles. The van der Waals surface area contributed by atoms with Crippen LogP contribution >= 0.6 is 0 Å². The molecule has 6 amide bonds. The number of carbonyl (C=O) groups is 9. The summed E-state index contributed by atoms with van der Waals surface area (Å²) in [6.07, 6.45) is -6.54. The Hall–Kier alpha value is -4.95. The first-order chi connectivity index (χ1) is 33.6. The molecule has 0 bridgehead atoms. The SMILES string of the molecule is COC(=O)[C@@H](C)NC(=O)[C@H](CCC[C@@H](NC(=O)OC(C)(C)C)C(=O)OC)NC(=O)CC[C@@H](NC(=O)[C@H](C)NC(=O)[C@@H](C)O[C@@H]1[C@@H](NC(C)=O)[C@H](O[Si](C)(C)C(C)(C)C(C)C)O[C@@H]2COC(C)(C)O[C@@H]12)C(=O)OC. The van der Waals surface area contributed by atoms with Crippen molar-refractivity contribution in [3.63, 3.8) is 0 Å². The maximum absolute atomic E-state index is 13.8. The number of fused-ring (bicyclic) bond motifs is 1. The lowest BCUT2D eigenvalue weighted by Crippen LogP contribution is -2.71. The second-order valence-electron chi connectivity index (χ2n) is 21.2. The summed E-state index contributed by atoms with van der Waals surface area (Å²) in [6, 6.07) is -7.20. The van der Waals surface area contributed by atoms with Gasteiger partial charge in [0.1, 0.15) is 66.3 Å². The number of hydrogen-bond donors (Lipinski definition) is 6. The largest absolute Gasteiger partial charge is 0.467 e. The van der Waals surface area contributed by atoms with Gasteiger partial charge < -0.3 is 74.2 Å². The van der Waals surface area contributed by atoms with Crippen LogP contribution in [0.1, 0.15) is 122 Å². The molecule has 2 rings (SSSR count). The third kappa shape index (κ3) is 19.7. The minimum atomic E-state index is -2.62. The molecule has 24 nitrogen and oxygen atoms in total. The van der Waals surface area contributed by atoms with E-state index in [1.165, 1.54) is 27.7 Å². The number of alkyl carbamates (subject to hydrolysis) is 1. The minimum absolute atomic E-state index is 0.0448. The highest BCUT2D eigenvalue weighted by Gasteiger charge is 2.56. The van der Waals surface area contributed by atoms with Gasteiger partial charge in [-0.2, -0.15) is 0 Å². The van der Waals surface area contributed by atoms with Gasteiger partial charge in [-0.15, -0.1) is 0 Å². The van der Waals surface area contributed by atoms with Crippen molar-refractivity contribution in [2.45, 2.75) is 219 Å². The zero-order chi connectivity index (χ0) is 56.0. The van der Waals surface area contributed by atoms with Crippen LogP contribution in [0.5, 0.6) is 0 Å². The second kappa shape index (κ2) is 27.5. The Morgan fingerprint density at radius 3 is 1.78 bits per heavy atom. The first kappa shape index (κ1) is 64.2. The van der Waals surface area contributed by atoms with Crippen molar-refractivity contribution in [1.29, 1.82) is 0 Å². The van der Waals surface area contributed by atoms with Crippen LogP contribution in [0, 0.1) is 5.92 Å². The number of ether oxygens (including phenoxy) is 8. The van der Waals surface area contributed by atoms with Gasteiger partial charge in [0.05, 0.1) is 27.9 Å². The zero-order valence-electron chi connectivity index (χ0n) is 46.0. The highest BCUT2D eigenvalue weighted by Crippen LogP contribution is 2.46. The summed E-state index contributed by atoms with van der Waals surface area (Å²) in [5.41, 5.74) is -0.866. The standard InChI is InChI=1S/C48H84N6O18Si/c1-25(2)47(10,11)73(17,18)72-44-35(51-29(6)55)37(36-33(69-44)24-67-48(12,13)70-36)68-28(5)39(58)49-26(3)38(57)53-32(43(62)66-16)22-23-34(56)52-30(40(59)50-27(4)41(60)64-14)20-19-21-31(42(61)65-15)54-45(63)71-46(7,8)9/h25-28,30-33,35-37,44H,19-24H2,1-18H3,(H,49,58)(H,50,59)(H,51,55)(H,52,56)(H,53,57)(H,54,63)/t26-,27+,28+,30-,31+,32+,33+,35+,36+,37+,44-/m0/s1. The van der Waals surface area contributed by atoms with Crippen molar-refractivity contribution >= 4 is 61.9 Å². The van der Waals surface area contributed by atoms with Crippen LogP contribution in [0.3, 0.4) is 0 Å². The van der Waals surface area contributed by atoms with Crippen molar-refractivity contribution in [1.82, 2.24) is 31.9 Å². The van der Waals surface area contributed by atoms with E-state index in [4.69, 9.17) is 42.3 Å². The lowest BCUT2D eigenvalue weighted by atomic mass is 9.94. The van der Waals surface area contributed by atoms with Gasteiger partial charge in [-0.3, -0.25) is 24.0 Å². The maximum Gasteiger partial charge on any atom is 0.408 e. The summed E-state index contributed by atoms with van der Waals surface area (Å²) in [4.78, 5) is 117. The molecule has 73 heavy (non-hydrogen) atoms. The van der Waals surface area contributed by atoms with E-state index in [9.17, 15) is 43.2 Å². The topological polar surface area (TPSA) is 309 Å². The van der Waals surface area contributed by atoms with Crippen LogP contribution in [0.25, 0.3) is 0 Å². The molecule has 0 unspecified atom stereocenters. The van der Waals surface area contributed by atoms with E-state index in [1.807, 2.05) is 0 Å². The van der Waals surface area contributed by atoms with Crippen molar-refractivity contribution in [2.24, 2.45) is 5.92 Å². The average molecular weight is 1060 g/mol. The van der Waals surface area contributed by atoms with Gasteiger partial charge in [-0.25, -0.2) is 19.2 Å². The summed E-state index contributed by atoms with van der Waals surface area (Å²) < 4.78 is 51.7.